The maximum absolute atomic E-state index is 10.5. The Bertz CT molecular complexity index is 478. The van der Waals surface area contributed by atoms with Crippen LogP contribution < -0.4 is 10.6 Å². The summed E-state index contributed by atoms with van der Waals surface area (Å²) in [5.74, 6) is 1.46. The second kappa shape index (κ2) is 9.80. The fourth-order valence-electron chi connectivity index (χ4n) is 2.67. The van der Waals surface area contributed by atoms with Crippen molar-refractivity contribution in [2.45, 2.75) is 25.9 Å². The molecule has 1 aliphatic heterocycles. The molecule has 132 valence electrons. The summed E-state index contributed by atoms with van der Waals surface area (Å²) in [6.45, 7) is 8.27. The van der Waals surface area contributed by atoms with Crippen molar-refractivity contribution in [3.05, 3.63) is 22.4 Å². The highest BCUT2D eigenvalue weighted by molar-refractivity contribution is 14.0. The van der Waals surface area contributed by atoms with Crippen LogP contribution in [-0.4, -0.2) is 55.7 Å². The van der Waals surface area contributed by atoms with E-state index in [1.54, 1.807) is 11.3 Å². The van der Waals surface area contributed by atoms with Crippen LogP contribution in [0.1, 0.15) is 25.8 Å². The molecular weight excluding hydrogens is 423 g/mol. The Morgan fingerprint density at radius 3 is 2.87 bits per heavy atom. The van der Waals surface area contributed by atoms with E-state index in [-0.39, 0.29) is 24.0 Å². The lowest BCUT2D eigenvalue weighted by Crippen LogP contribution is -2.41. The zero-order valence-corrected chi connectivity index (χ0v) is 17.4. The molecule has 1 saturated heterocycles. The fraction of sp³-hybridized carbons (Fsp3) is 0.688. The maximum atomic E-state index is 10.5. The molecular formula is C16H29IN4OS. The van der Waals surface area contributed by atoms with Gasteiger partial charge in [0.15, 0.2) is 5.96 Å². The van der Waals surface area contributed by atoms with Crippen LogP contribution in [0.25, 0.3) is 0 Å². The van der Waals surface area contributed by atoms with Crippen LogP contribution in [0.4, 0.5) is 0 Å². The van der Waals surface area contributed by atoms with Gasteiger partial charge in [0.1, 0.15) is 5.60 Å². The lowest BCUT2D eigenvalue weighted by molar-refractivity contribution is 0.0677. The van der Waals surface area contributed by atoms with E-state index in [9.17, 15) is 5.11 Å². The molecule has 0 spiro atoms. The summed E-state index contributed by atoms with van der Waals surface area (Å²) in [7, 11) is 2.16. The van der Waals surface area contributed by atoms with Gasteiger partial charge < -0.3 is 20.6 Å². The molecule has 1 aliphatic rings. The van der Waals surface area contributed by atoms with Crippen molar-refractivity contribution < 1.29 is 5.11 Å². The van der Waals surface area contributed by atoms with E-state index in [1.807, 2.05) is 23.8 Å². The highest BCUT2D eigenvalue weighted by atomic mass is 127. The van der Waals surface area contributed by atoms with Gasteiger partial charge in [-0.2, -0.15) is 11.3 Å². The Morgan fingerprint density at radius 2 is 2.30 bits per heavy atom. The van der Waals surface area contributed by atoms with Crippen LogP contribution >= 0.6 is 35.3 Å². The van der Waals surface area contributed by atoms with Crippen LogP contribution in [0.3, 0.4) is 0 Å². The van der Waals surface area contributed by atoms with Gasteiger partial charge in [0, 0.05) is 19.6 Å². The Kier molecular flexibility index (Phi) is 8.81. The van der Waals surface area contributed by atoms with Gasteiger partial charge in [-0.25, -0.2) is 4.99 Å². The summed E-state index contributed by atoms with van der Waals surface area (Å²) in [6.07, 6.45) is 1.23. The Labute approximate surface area is 160 Å². The Balaban J connectivity index is 0.00000264. The molecule has 0 aromatic carbocycles. The Hall–Kier alpha value is -0.380. The molecule has 1 aromatic heterocycles. The van der Waals surface area contributed by atoms with E-state index < -0.39 is 5.60 Å². The molecule has 0 amide bonds. The standard InChI is InChI=1S/C16H28N4OS.HI/c1-4-17-15(18-9-13-5-7-20(3)10-13)19-12-16(2,21)14-6-8-22-11-14;/h6,8,11,13,21H,4-5,7,9-10,12H2,1-3H3,(H2,17,18,19);1H. The first-order chi connectivity index (χ1) is 10.5. The normalized spacial score (nSPS) is 21.6. The predicted molar refractivity (Wildman–Crippen MR) is 109 cm³/mol. The average molecular weight is 452 g/mol. The number of hydrogen-bond donors (Lipinski definition) is 3. The topological polar surface area (TPSA) is 59.9 Å². The minimum atomic E-state index is -0.921. The smallest absolute Gasteiger partial charge is 0.191 e. The van der Waals surface area contributed by atoms with Gasteiger partial charge >= 0.3 is 0 Å². The number of halogens is 1. The molecule has 3 N–H and O–H groups in total. The summed E-state index contributed by atoms with van der Waals surface area (Å²) >= 11 is 1.59. The quantitative estimate of drug-likeness (QED) is 0.352. The molecule has 0 radical (unpaired) electrons. The van der Waals surface area contributed by atoms with Crippen molar-refractivity contribution in [1.82, 2.24) is 15.5 Å². The molecule has 1 aromatic rings. The molecule has 2 unspecified atom stereocenters. The predicted octanol–water partition coefficient (Wildman–Crippen LogP) is 2.08. The van der Waals surface area contributed by atoms with Crippen LogP contribution in [0.2, 0.25) is 0 Å². The molecule has 2 rings (SSSR count). The first kappa shape index (κ1) is 20.7. The number of likely N-dealkylation sites (tertiary alicyclic amines) is 1. The highest BCUT2D eigenvalue weighted by Gasteiger charge is 2.24. The largest absolute Gasteiger partial charge is 0.383 e. The van der Waals surface area contributed by atoms with E-state index in [2.05, 4.69) is 34.5 Å². The van der Waals surface area contributed by atoms with Crippen LogP contribution in [0.5, 0.6) is 0 Å². The van der Waals surface area contributed by atoms with Gasteiger partial charge in [-0.15, -0.1) is 24.0 Å². The van der Waals surface area contributed by atoms with Crippen LogP contribution in [0.15, 0.2) is 21.8 Å². The first-order valence-corrected chi connectivity index (χ1v) is 8.91. The molecule has 7 heteroatoms. The lowest BCUT2D eigenvalue weighted by Gasteiger charge is -2.21. The maximum Gasteiger partial charge on any atom is 0.191 e. The summed E-state index contributed by atoms with van der Waals surface area (Å²) in [5.41, 5.74) is 0.00477. The lowest BCUT2D eigenvalue weighted by atomic mass is 10.00. The minimum absolute atomic E-state index is 0. The average Bonchev–Trinajstić information content (AvgIpc) is 3.13. The number of guanidine groups is 1. The molecule has 0 aliphatic carbocycles. The van der Waals surface area contributed by atoms with Crippen LogP contribution in [0, 0.1) is 5.92 Å². The second-order valence-corrected chi connectivity index (χ2v) is 7.06. The van der Waals surface area contributed by atoms with Gasteiger partial charge in [0.05, 0.1) is 6.54 Å². The number of nitrogens with zero attached hydrogens (tertiary/aromatic N) is 2. The van der Waals surface area contributed by atoms with E-state index in [0.29, 0.717) is 12.5 Å². The number of hydrogen-bond acceptors (Lipinski definition) is 4. The zero-order valence-electron chi connectivity index (χ0n) is 14.2. The second-order valence-electron chi connectivity index (χ2n) is 6.28. The summed E-state index contributed by atoms with van der Waals surface area (Å²) in [5, 5.41) is 21.2. The SMILES string of the molecule is CCNC(=NCC(C)(O)c1ccsc1)NCC1CCN(C)C1.I. The number of aliphatic hydroxyl groups is 1. The van der Waals surface area contributed by atoms with Gasteiger partial charge in [-0.1, -0.05) is 0 Å². The van der Waals surface area contributed by atoms with Crippen molar-refractivity contribution in [2.75, 3.05) is 39.8 Å². The zero-order chi connectivity index (χ0) is 16.0. The summed E-state index contributed by atoms with van der Waals surface area (Å²) in [4.78, 5) is 6.92. The molecule has 23 heavy (non-hydrogen) atoms. The third-order valence-corrected chi connectivity index (χ3v) is 4.76. The third kappa shape index (κ3) is 6.56. The Morgan fingerprint density at radius 1 is 1.52 bits per heavy atom. The van der Waals surface area contributed by atoms with Crippen molar-refractivity contribution in [1.29, 1.82) is 0 Å². The number of rotatable bonds is 6. The molecule has 1 fully saturated rings. The molecule has 0 saturated carbocycles. The highest BCUT2D eigenvalue weighted by Crippen LogP contribution is 2.23. The van der Waals surface area contributed by atoms with Gasteiger partial charge in [0.2, 0.25) is 0 Å². The van der Waals surface area contributed by atoms with Crippen molar-refractivity contribution in [2.24, 2.45) is 10.9 Å². The van der Waals surface area contributed by atoms with Crippen molar-refractivity contribution in [3.8, 4) is 0 Å². The monoisotopic (exact) mass is 452 g/mol. The molecule has 5 nitrogen and oxygen atoms in total. The number of thiophene rings is 1. The molecule has 0 bridgehead atoms. The van der Waals surface area contributed by atoms with Gasteiger partial charge in [-0.05, 0) is 62.2 Å². The first-order valence-electron chi connectivity index (χ1n) is 7.97. The van der Waals surface area contributed by atoms with Crippen molar-refractivity contribution >= 4 is 41.3 Å². The summed E-state index contributed by atoms with van der Waals surface area (Å²) < 4.78 is 0. The van der Waals surface area contributed by atoms with Crippen LogP contribution in [-0.2, 0) is 5.60 Å². The molecule has 2 atom stereocenters. The number of nitrogens with one attached hydrogen (secondary N) is 2. The van der Waals surface area contributed by atoms with E-state index >= 15 is 0 Å². The third-order valence-electron chi connectivity index (χ3n) is 4.08. The van der Waals surface area contributed by atoms with Crippen molar-refractivity contribution in [3.63, 3.8) is 0 Å². The molecule has 2 heterocycles. The number of aliphatic imine (C=N–C) groups is 1. The minimum Gasteiger partial charge on any atom is -0.383 e. The van der Waals surface area contributed by atoms with E-state index in [0.717, 1.165) is 31.2 Å². The van der Waals surface area contributed by atoms with Gasteiger partial charge in [-0.3, -0.25) is 0 Å². The fourth-order valence-corrected chi connectivity index (χ4v) is 3.45. The van der Waals surface area contributed by atoms with E-state index in [4.69, 9.17) is 0 Å². The summed E-state index contributed by atoms with van der Waals surface area (Å²) in [6, 6.07) is 1.95. The van der Waals surface area contributed by atoms with Gasteiger partial charge in [0.25, 0.3) is 0 Å². The van der Waals surface area contributed by atoms with E-state index in [1.165, 1.54) is 13.0 Å².